The molecule has 0 spiro atoms. The van der Waals surface area contributed by atoms with Gasteiger partial charge in [-0.1, -0.05) is 15.9 Å². The van der Waals surface area contributed by atoms with Crippen molar-refractivity contribution in [2.45, 2.75) is 11.9 Å². The molecule has 0 aliphatic heterocycles. The standard InChI is InChI=1S/C5H6BrN3O2.C5H7N3O3/c1-8-4(3-6)2-5(7-8)9(10)11;1-7-4(3-9)2-5(6-7)8(10)11/h2H,3H2,1H3;2,9H,3H2,1H3. The number of hydrogen-bond donors (Lipinski definition) is 1. The predicted molar refractivity (Wildman–Crippen MR) is 78.3 cm³/mol. The lowest BCUT2D eigenvalue weighted by molar-refractivity contribution is -0.389. The molecule has 0 saturated heterocycles. The molecule has 0 saturated carbocycles. The number of rotatable bonds is 4. The zero-order chi connectivity index (χ0) is 16.9. The van der Waals surface area contributed by atoms with Crippen LogP contribution in [0.1, 0.15) is 11.4 Å². The van der Waals surface area contributed by atoms with Crippen molar-refractivity contribution in [1.29, 1.82) is 0 Å². The van der Waals surface area contributed by atoms with Crippen LogP contribution in [0.2, 0.25) is 0 Å². The Labute approximate surface area is 132 Å². The van der Waals surface area contributed by atoms with Gasteiger partial charge in [-0.15, -0.1) is 0 Å². The molecule has 0 aliphatic rings. The lowest BCUT2D eigenvalue weighted by atomic mass is 10.4. The van der Waals surface area contributed by atoms with Crippen LogP contribution in [0.3, 0.4) is 0 Å². The predicted octanol–water partition coefficient (Wildman–Crippen LogP) is 1.04. The zero-order valence-electron chi connectivity index (χ0n) is 11.7. The third kappa shape index (κ3) is 4.33. The number of halogens is 1. The highest BCUT2D eigenvalue weighted by Crippen LogP contribution is 2.12. The van der Waals surface area contributed by atoms with Crippen molar-refractivity contribution >= 4 is 27.6 Å². The second-order valence-electron chi connectivity index (χ2n) is 4.04. The van der Waals surface area contributed by atoms with Gasteiger partial charge in [0.05, 0.1) is 54.4 Å². The average Bonchev–Trinajstić information content (AvgIpc) is 3.02. The third-order valence-electron chi connectivity index (χ3n) is 2.60. The lowest BCUT2D eigenvalue weighted by Crippen LogP contribution is -1.97. The summed E-state index contributed by atoms with van der Waals surface area (Å²) >= 11 is 3.19. The first-order valence-corrected chi connectivity index (χ1v) is 6.93. The summed E-state index contributed by atoms with van der Waals surface area (Å²) in [6.45, 7) is -0.239. The molecular formula is C10H13BrN6O5. The minimum absolute atomic E-state index is 0.109. The van der Waals surface area contributed by atoms with E-state index >= 15 is 0 Å². The molecule has 0 atom stereocenters. The molecular weight excluding hydrogens is 364 g/mol. The van der Waals surface area contributed by atoms with Gasteiger partial charge in [0.2, 0.25) is 0 Å². The number of aliphatic hydroxyl groups is 1. The molecule has 2 aromatic heterocycles. The maximum Gasteiger partial charge on any atom is 0.390 e. The van der Waals surface area contributed by atoms with Gasteiger partial charge in [0, 0.05) is 5.33 Å². The Balaban J connectivity index is 0.000000220. The summed E-state index contributed by atoms with van der Waals surface area (Å²) in [6.07, 6.45) is 0. The van der Waals surface area contributed by atoms with E-state index in [1.807, 2.05) is 0 Å². The summed E-state index contributed by atoms with van der Waals surface area (Å²) in [4.78, 5) is 19.2. The number of aryl methyl sites for hydroxylation is 2. The largest absolute Gasteiger partial charge is 0.390 e. The fourth-order valence-corrected chi connectivity index (χ4v) is 1.95. The molecule has 1 N–H and O–H groups in total. The van der Waals surface area contributed by atoms with Gasteiger partial charge in [0.1, 0.15) is 0 Å². The molecule has 0 fully saturated rings. The quantitative estimate of drug-likeness (QED) is 0.477. The SMILES string of the molecule is Cn1nc([N+](=O)[O-])cc1CBr.Cn1nc([N+](=O)[O-])cc1CO. The first-order chi connectivity index (χ1) is 10.3. The molecule has 2 aromatic rings. The number of hydrogen-bond acceptors (Lipinski definition) is 7. The lowest BCUT2D eigenvalue weighted by Gasteiger charge is -1.86. The van der Waals surface area contributed by atoms with Crippen molar-refractivity contribution in [1.82, 2.24) is 19.6 Å². The van der Waals surface area contributed by atoms with Gasteiger partial charge in [-0.2, -0.15) is 9.36 Å². The molecule has 120 valence electrons. The summed E-state index contributed by atoms with van der Waals surface area (Å²) < 4.78 is 2.75. The number of nitrogens with zero attached hydrogens (tertiary/aromatic N) is 6. The Kier molecular flexibility index (Phi) is 6.12. The van der Waals surface area contributed by atoms with Gasteiger partial charge < -0.3 is 25.3 Å². The van der Waals surface area contributed by atoms with E-state index in [-0.39, 0.29) is 18.2 Å². The second kappa shape index (κ2) is 7.61. The van der Waals surface area contributed by atoms with Crippen LogP contribution in [-0.4, -0.2) is 34.5 Å². The van der Waals surface area contributed by atoms with Gasteiger partial charge in [-0.3, -0.25) is 0 Å². The van der Waals surface area contributed by atoms with Crippen LogP contribution in [0.4, 0.5) is 11.6 Å². The Bertz CT molecular complexity index is 623. The highest BCUT2D eigenvalue weighted by molar-refractivity contribution is 9.08. The van der Waals surface area contributed by atoms with E-state index < -0.39 is 9.85 Å². The molecule has 11 nitrogen and oxygen atoms in total. The Hall–Kier alpha value is -2.34. The summed E-state index contributed by atoms with van der Waals surface area (Å²) in [5, 5.41) is 36.7. The fraction of sp³-hybridized carbons (Fsp3) is 0.400. The number of alkyl halides is 1. The van der Waals surface area contributed by atoms with Crippen LogP contribution in [0.15, 0.2) is 12.1 Å². The van der Waals surface area contributed by atoms with E-state index in [0.717, 1.165) is 5.69 Å². The first kappa shape index (κ1) is 17.7. The van der Waals surface area contributed by atoms with Crippen molar-refractivity contribution < 1.29 is 15.0 Å². The normalized spacial score (nSPS) is 10.0. The fourth-order valence-electron chi connectivity index (χ4n) is 1.43. The maximum absolute atomic E-state index is 10.2. The van der Waals surface area contributed by atoms with Gasteiger partial charge in [0.15, 0.2) is 0 Å². The zero-order valence-corrected chi connectivity index (χ0v) is 13.3. The monoisotopic (exact) mass is 376 g/mol. The molecule has 0 aliphatic carbocycles. The van der Waals surface area contributed by atoms with Crippen molar-refractivity contribution in [3.8, 4) is 0 Å². The first-order valence-electron chi connectivity index (χ1n) is 5.81. The molecule has 0 aromatic carbocycles. The van der Waals surface area contributed by atoms with E-state index in [0.29, 0.717) is 11.0 Å². The molecule has 0 bridgehead atoms. The molecule has 22 heavy (non-hydrogen) atoms. The Morgan fingerprint density at radius 1 is 1.09 bits per heavy atom. The van der Waals surface area contributed by atoms with E-state index in [9.17, 15) is 20.2 Å². The van der Waals surface area contributed by atoms with E-state index in [1.54, 1.807) is 14.1 Å². The Morgan fingerprint density at radius 2 is 1.50 bits per heavy atom. The highest BCUT2D eigenvalue weighted by atomic mass is 79.9. The van der Waals surface area contributed by atoms with Crippen LogP contribution >= 0.6 is 15.9 Å². The summed E-state index contributed by atoms with van der Waals surface area (Å²) in [6, 6.07) is 2.68. The molecule has 0 unspecified atom stereocenters. The summed E-state index contributed by atoms with van der Waals surface area (Å²) in [5.74, 6) is -0.349. The number of aliphatic hydroxyl groups excluding tert-OH is 1. The molecule has 2 heterocycles. The van der Waals surface area contributed by atoms with Gasteiger partial charge in [-0.05, 0) is 9.85 Å². The smallest absolute Gasteiger partial charge is 0.390 e. The van der Waals surface area contributed by atoms with Crippen molar-refractivity contribution in [2.24, 2.45) is 14.1 Å². The van der Waals surface area contributed by atoms with Gasteiger partial charge in [-0.25, -0.2) is 0 Å². The summed E-state index contributed by atoms with van der Waals surface area (Å²) in [5.41, 5.74) is 1.22. The van der Waals surface area contributed by atoms with Crippen LogP contribution in [0.5, 0.6) is 0 Å². The molecule has 12 heteroatoms. The average molecular weight is 377 g/mol. The highest BCUT2D eigenvalue weighted by Gasteiger charge is 2.14. The topological polar surface area (TPSA) is 142 Å². The second-order valence-corrected chi connectivity index (χ2v) is 4.60. The number of nitro groups is 2. The van der Waals surface area contributed by atoms with Crippen molar-refractivity contribution in [3.63, 3.8) is 0 Å². The minimum Gasteiger partial charge on any atom is -0.390 e. The number of aromatic nitrogens is 4. The van der Waals surface area contributed by atoms with Crippen LogP contribution in [0, 0.1) is 20.2 Å². The van der Waals surface area contributed by atoms with E-state index in [1.165, 1.54) is 21.5 Å². The van der Waals surface area contributed by atoms with Crippen molar-refractivity contribution in [3.05, 3.63) is 43.7 Å². The van der Waals surface area contributed by atoms with Crippen LogP contribution < -0.4 is 0 Å². The van der Waals surface area contributed by atoms with Crippen molar-refractivity contribution in [2.75, 3.05) is 0 Å². The van der Waals surface area contributed by atoms with Gasteiger partial charge >= 0.3 is 11.6 Å². The minimum atomic E-state index is -0.598. The van der Waals surface area contributed by atoms with Crippen LogP contribution in [-0.2, 0) is 26.0 Å². The molecule has 0 amide bonds. The van der Waals surface area contributed by atoms with Gasteiger partial charge in [0.25, 0.3) is 0 Å². The maximum atomic E-state index is 10.2. The molecule has 0 radical (unpaired) electrons. The van der Waals surface area contributed by atoms with E-state index in [2.05, 4.69) is 26.1 Å². The van der Waals surface area contributed by atoms with E-state index in [4.69, 9.17) is 5.11 Å². The third-order valence-corrected chi connectivity index (χ3v) is 3.18. The molecule has 2 rings (SSSR count). The summed E-state index contributed by atoms with van der Waals surface area (Å²) in [7, 11) is 3.21. The Morgan fingerprint density at radius 3 is 1.73 bits per heavy atom. The van der Waals surface area contributed by atoms with Crippen LogP contribution in [0.25, 0.3) is 0 Å².